The predicted molar refractivity (Wildman–Crippen MR) is 68.7 cm³/mol. The predicted octanol–water partition coefficient (Wildman–Crippen LogP) is 1.31. The highest BCUT2D eigenvalue weighted by atomic mass is 16.5. The molecule has 2 rings (SSSR count). The maximum atomic E-state index is 12.3. The van der Waals surface area contributed by atoms with Gasteiger partial charge >= 0.3 is 0 Å². The van der Waals surface area contributed by atoms with Gasteiger partial charge in [0, 0.05) is 25.2 Å². The second-order valence-corrected chi connectivity index (χ2v) is 4.68. The summed E-state index contributed by atoms with van der Waals surface area (Å²) in [6.07, 6.45) is 1.52. The highest BCUT2D eigenvalue weighted by Gasteiger charge is 2.35. The van der Waals surface area contributed by atoms with Gasteiger partial charge in [-0.15, -0.1) is 0 Å². The Bertz CT molecular complexity index is 425. The van der Waals surface area contributed by atoms with Gasteiger partial charge in [-0.2, -0.15) is 0 Å². The first-order valence-electron chi connectivity index (χ1n) is 6.17. The standard InChI is InChI=1S/C14H19NO3/c1-17-12-5-3-2-4-11(12)10-13(16)14(15)6-8-18-9-7-14/h2-5H,6-10,15H2,1H3. The number of hydrogen-bond donors (Lipinski definition) is 1. The molecule has 4 heteroatoms. The number of rotatable bonds is 4. The van der Waals surface area contributed by atoms with Crippen molar-refractivity contribution in [2.45, 2.75) is 24.8 Å². The number of carbonyl (C=O) groups excluding carboxylic acids is 1. The number of methoxy groups -OCH3 is 1. The molecule has 1 aromatic carbocycles. The number of para-hydroxylation sites is 1. The molecule has 1 fully saturated rings. The third-order valence-electron chi connectivity index (χ3n) is 3.48. The fraction of sp³-hybridized carbons (Fsp3) is 0.500. The molecule has 4 nitrogen and oxygen atoms in total. The lowest BCUT2D eigenvalue weighted by atomic mass is 9.84. The Balaban J connectivity index is 2.10. The second kappa shape index (κ2) is 5.50. The topological polar surface area (TPSA) is 61.5 Å². The molecule has 1 saturated heterocycles. The van der Waals surface area contributed by atoms with E-state index >= 15 is 0 Å². The molecule has 1 heterocycles. The molecule has 0 saturated carbocycles. The summed E-state index contributed by atoms with van der Waals surface area (Å²) in [4.78, 5) is 12.3. The van der Waals surface area contributed by atoms with Gasteiger partial charge < -0.3 is 15.2 Å². The van der Waals surface area contributed by atoms with Crippen molar-refractivity contribution in [3.05, 3.63) is 29.8 Å². The maximum absolute atomic E-state index is 12.3. The molecule has 2 N–H and O–H groups in total. The molecule has 0 aromatic heterocycles. The fourth-order valence-corrected chi connectivity index (χ4v) is 2.21. The van der Waals surface area contributed by atoms with Crippen LogP contribution in [0.25, 0.3) is 0 Å². The SMILES string of the molecule is COc1ccccc1CC(=O)C1(N)CCOCC1. The van der Waals surface area contributed by atoms with E-state index in [1.165, 1.54) is 0 Å². The molecule has 1 aromatic rings. The molecule has 0 bridgehead atoms. The van der Waals surface area contributed by atoms with Gasteiger partial charge in [0.15, 0.2) is 5.78 Å². The Hall–Kier alpha value is -1.39. The highest BCUT2D eigenvalue weighted by molar-refractivity contribution is 5.90. The first kappa shape index (κ1) is 13.1. The summed E-state index contributed by atoms with van der Waals surface area (Å²) in [6.45, 7) is 1.13. The zero-order valence-electron chi connectivity index (χ0n) is 10.6. The van der Waals surface area contributed by atoms with Crippen LogP contribution in [-0.2, 0) is 16.0 Å². The summed E-state index contributed by atoms with van der Waals surface area (Å²) in [6, 6.07) is 7.55. The molecule has 1 aliphatic heterocycles. The molecule has 0 spiro atoms. The van der Waals surface area contributed by atoms with Crippen LogP contribution >= 0.6 is 0 Å². The molecular weight excluding hydrogens is 230 g/mol. The zero-order chi connectivity index (χ0) is 13.0. The van der Waals surface area contributed by atoms with Crippen LogP contribution in [0.2, 0.25) is 0 Å². The van der Waals surface area contributed by atoms with Crippen LogP contribution in [0, 0.1) is 0 Å². The van der Waals surface area contributed by atoms with Crippen LogP contribution < -0.4 is 10.5 Å². The number of carbonyl (C=O) groups is 1. The Kier molecular flexibility index (Phi) is 3.99. The third-order valence-corrected chi connectivity index (χ3v) is 3.48. The van der Waals surface area contributed by atoms with Crippen molar-refractivity contribution in [1.29, 1.82) is 0 Å². The molecule has 18 heavy (non-hydrogen) atoms. The van der Waals surface area contributed by atoms with Gasteiger partial charge in [-0.05, 0) is 18.9 Å². The Labute approximate surface area is 107 Å². The summed E-state index contributed by atoms with van der Waals surface area (Å²) >= 11 is 0. The lowest BCUT2D eigenvalue weighted by Gasteiger charge is -2.32. The van der Waals surface area contributed by atoms with Crippen LogP contribution in [0.1, 0.15) is 18.4 Å². The van der Waals surface area contributed by atoms with E-state index < -0.39 is 5.54 Å². The largest absolute Gasteiger partial charge is 0.496 e. The molecule has 98 valence electrons. The minimum absolute atomic E-state index is 0.0651. The summed E-state index contributed by atoms with van der Waals surface area (Å²) in [7, 11) is 1.61. The average molecular weight is 249 g/mol. The highest BCUT2D eigenvalue weighted by Crippen LogP contribution is 2.24. The van der Waals surface area contributed by atoms with E-state index in [0.29, 0.717) is 32.5 Å². The Morgan fingerprint density at radius 2 is 2.06 bits per heavy atom. The number of ketones is 1. The Morgan fingerprint density at radius 3 is 2.72 bits per heavy atom. The maximum Gasteiger partial charge on any atom is 0.157 e. The van der Waals surface area contributed by atoms with Crippen LogP contribution in [0.4, 0.5) is 0 Å². The van der Waals surface area contributed by atoms with Gasteiger partial charge in [0.1, 0.15) is 5.75 Å². The van der Waals surface area contributed by atoms with Crippen molar-refractivity contribution < 1.29 is 14.3 Å². The summed E-state index contributed by atoms with van der Waals surface area (Å²) in [5.41, 5.74) is 6.32. The first-order valence-corrected chi connectivity index (χ1v) is 6.17. The zero-order valence-corrected chi connectivity index (χ0v) is 10.6. The monoisotopic (exact) mass is 249 g/mol. The van der Waals surface area contributed by atoms with Crippen molar-refractivity contribution in [2.75, 3.05) is 20.3 Å². The summed E-state index contributed by atoms with van der Waals surface area (Å²) < 4.78 is 10.5. The normalized spacial score (nSPS) is 18.3. The van der Waals surface area contributed by atoms with Gasteiger partial charge in [-0.25, -0.2) is 0 Å². The summed E-state index contributed by atoms with van der Waals surface area (Å²) in [5.74, 6) is 0.803. The van der Waals surface area contributed by atoms with E-state index in [9.17, 15) is 4.79 Å². The van der Waals surface area contributed by atoms with E-state index in [-0.39, 0.29) is 5.78 Å². The van der Waals surface area contributed by atoms with Gasteiger partial charge in [0.25, 0.3) is 0 Å². The number of benzene rings is 1. The molecular formula is C14H19NO3. The van der Waals surface area contributed by atoms with Crippen molar-refractivity contribution >= 4 is 5.78 Å². The smallest absolute Gasteiger partial charge is 0.157 e. The lowest BCUT2D eigenvalue weighted by Crippen LogP contribution is -2.52. The van der Waals surface area contributed by atoms with Crippen LogP contribution in [0.15, 0.2) is 24.3 Å². The Morgan fingerprint density at radius 1 is 1.39 bits per heavy atom. The van der Waals surface area contributed by atoms with Crippen molar-refractivity contribution in [3.8, 4) is 5.75 Å². The van der Waals surface area contributed by atoms with Gasteiger partial charge in [0.05, 0.1) is 12.6 Å². The van der Waals surface area contributed by atoms with E-state index in [1.54, 1.807) is 7.11 Å². The lowest BCUT2D eigenvalue weighted by molar-refractivity contribution is -0.126. The molecule has 0 amide bonds. The number of hydrogen-bond acceptors (Lipinski definition) is 4. The molecule has 0 aliphatic carbocycles. The fourth-order valence-electron chi connectivity index (χ4n) is 2.21. The van der Waals surface area contributed by atoms with E-state index in [2.05, 4.69) is 0 Å². The van der Waals surface area contributed by atoms with E-state index in [4.69, 9.17) is 15.2 Å². The van der Waals surface area contributed by atoms with Crippen LogP contribution in [-0.4, -0.2) is 31.6 Å². The minimum atomic E-state index is -0.737. The van der Waals surface area contributed by atoms with Crippen LogP contribution in [0.5, 0.6) is 5.75 Å². The molecule has 0 atom stereocenters. The van der Waals surface area contributed by atoms with E-state index in [0.717, 1.165) is 11.3 Å². The molecule has 0 radical (unpaired) electrons. The van der Waals surface area contributed by atoms with Crippen molar-refractivity contribution in [1.82, 2.24) is 0 Å². The number of ether oxygens (including phenoxy) is 2. The van der Waals surface area contributed by atoms with Gasteiger partial charge in [-0.3, -0.25) is 4.79 Å². The molecule has 1 aliphatic rings. The van der Waals surface area contributed by atoms with Crippen molar-refractivity contribution in [3.63, 3.8) is 0 Å². The number of nitrogens with two attached hydrogens (primary N) is 1. The summed E-state index contributed by atoms with van der Waals surface area (Å²) in [5, 5.41) is 0. The first-order chi connectivity index (χ1) is 8.65. The third kappa shape index (κ3) is 2.71. The van der Waals surface area contributed by atoms with Gasteiger partial charge in [0.2, 0.25) is 0 Å². The second-order valence-electron chi connectivity index (χ2n) is 4.68. The number of Topliss-reactive ketones (excluding diaryl/α,β-unsaturated/α-hetero) is 1. The average Bonchev–Trinajstić information content (AvgIpc) is 2.40. The van der Waals surface area contributed by atoms with Crippen molar-refractivity contribution in [2.24, 2.45) is 5.73 Å². The van der Waals surface area contributed by atoms with Gasteiger partial charge in [-0.1, -0.05) is 18.2 Å². The van der Waals surface area contributed by atoms with Crippen LogP contribution in [0.3, 0.4) is 0 Å². The minimum Gasteiger partial charge on any atom is -0.496 e. The molecule has 0 unspecified atom stereocenters. The van der Waals surface area contributed by atoms with E-state index in [1.807, 2.05) is 24.3 Å². The quantitative estimate of drug-likeness (QED) is 0.874.